The smallest absolute Gasteiger partial charge is 0.255 e. The van der Waals surface area contributed by atoms with E-state index >= 15 is 0 Å². The lowest BCUT2D eigenvalue weighted by atomic mass is 10.1. The van der Waals surface area contributed by atoms with Crippen molar-refractivity contribution >= 4 is 5.91 Å². The van der Waals surface area contributed by atoms with Crippen molar-refractivity contribution in [2.45, 2.75) is 20.4 Å². The number of rotatable bonds is 5. The summed E-state index contributed by atoms with van der Waals surface area (Å²) in [5.41, 5.74) is 1.22. The summed E-state index contributed by atoms with van der Waals surface area (Å²) in [4.78, 5) is 16.5. The lowest BCUT2D eigenvalue weighted by Crippen LogP contribution is -2.23. The van der Waals surface area contributed by atoms with E-state index in [1.165, 1.54) is 7.11 Å². The summed E-state index contributed by atoms with van der Waals surface area (Å²) in [5, 5.41) is 2.75. The van der Waals surface area contributed by atoms with Crippen LogP contribution in [0.2, 0.25) is 0 Å². The fraction of sp³-hybridized carbons (Fsp3) is 0.333. The number of hydrogen-bond donors (Lipinski definition) is 1. The molecule has 2 rings (SSSR count). The zero-order chi connectivity index (χ0) is 15.4. The maximum absolute atomic E-state index is 12.2. The normalized spacial score (nSPS) is 10.3. The van der Waals surface area contributed by atoms with Gasteiger partial charge in [-0.3, -0.25) is 4.79 Å². The highest BCUT2D eigenvalue weighted by Gasteiger charge is 2.14. The Morgan fingerprint density at radius 2 is 2.05 bits per heavy atom. The first-order valence-corrected chi connectivity index (χ1v) is 6.48. The van der Waals surface area contributed by atoms with Crippen molar-refractivity contribution in [2.75, 3.05) is 14.2 Å². The third-order valence-corrected chi connectivity index (χ3v) is 3.12. The number of carbonyl (C=O) groups excluding carboxylic acids is 1. The lowest BCUT2D eigenvalue weighted by molar-refractivity contribution is 0.0943. The zero-order valence-corrected chi connectivity index (χ0v) is 12.5. The Morgan fingerprint density at radius 3 is 2.62 bits per heavy atom. The maximum Gasteiger partial charge on any atom is 0.255 e. The number of nitrogens with one attached hydrogen (secondary N) is 1. The third kappa shape index (κ3) is 3.34. The van der Waals surface area contributed by atoms with Crippen LogP contribution in [0.25, 0.3) is 0 Å². The van der Waals surface area contributed by atoms with Crippen molar-refractivity contribution in [3.05, 3.63) is 41.1 Å². The van der Waals surface area contributed by atoms with Gasteiger partial charge in [0.2, 0.25) is 5.89 Å². The summed E-state index contributed by atoms with van der Waals surface area (Å²) < 4.78 is 15.7. The molecule has 0 aliphatic carbocycles. The Bertz CT molecular complexity index is 630. The van der Waals surface area contributed by atoms with Gasteiger partial charge in [0.1, 0.15) is 17.3 Å². The second-order valence-electron chi connectivity index (χ2n) is 4.50. The summed E-state index contributed by atoms with van der Waals surface area (Å²) in [6.07, 6.45) is 0. The predicted molar refractivity (Wildman–Crippen MR) is 76.7 cm³/mol. The van der Waals surface area contributed by atoms with Crippen LogP contribution in [0.1, 0.15) is 27.7 Å². The van der Waals surface area contributed by atoms with Crippen molar-refractivity contribution in [3.8, 4) is 11.5 Å². The number of oxazole rings is 1. The van der Waals surface area contributed by atoms with Crippen LogP contribution in [0, 0.1) is 13.8 Å². The highest BCUT2D eigenvalue weighted by atomic mass is 16.5. The molecule has 2 aromatic rings. The fourth-order valence-corrected chi connectivity index (χ4v) is 1.86. The number of amides is 1. The summed E-state index contributed by atoms with van der Waals surface area (Å²) in [7, 11) is 3.06. The number of aryl methyl sites for hydroxylation is 2. The number of ether oxygens (including phenoxy) is 2. The monoisotopic (exact) mass is 290 g/mol. The van der Waals surface area contributed by atoms with E-state index < -0.39 is 0 Å². The van der Waals surface area contributed by atoms with Crippen LogP contribution >= 0.6 is 0 Å². The molecule has 1 heterocycles. The van der Waals surface area contributed by atoms with E-state index in [4.69, 9.17) is 13.9 Å². The van der Waals surface area contributed by atoms with Gasteiger partial charge in [-0.2, -0.15) is 0 Å². The van der Waals surface area contributed by atoms with Gasteiger partial charge in [-0.15, -0.1) is 0 Å². The number of hydrogen-bond acceptors (Lipinski definition) is 5. The molecular formula is C15H18N2O4. The molecule has 0 atom stereocenters. The van der Waals surface area contributed by atoms with Crippen LogP contribution in [-0.4, -0.2) is 25.1 Å². The molecule has 0 saturated heterocycles. The number of carbonyl (C=O) groups is 1. The second kappa shape index (κ2) is 6.30. The standard InChI is InChI=1S/C15H18N2O4/c1-9-10(2)21-14(17-9)8-16-15(18)12-7-11(19-3)5-6-13(12)20-4/h5-7H,8H2,1-4H3,(H,16,18). The van der Waals surface area contributed by atoms with E-state index in [1.54, 1.807) is 25.3 Å². The highest BCUT2D eigenvalue weighted by molar-refractivity contribution is 5.97. The average Bonchev–Trinajstić information content (AvgIpc) is 2.82. The summed E-state index contributed by atoms with van der Waals surface area (Å²) in [6.45, 7) is 3.90. The molecule has 0 bridgehead atoms. The third-order valence-electron chi connectivity index (χ3n) is 3.12. The number of nitrogens with zero attached hydrogens (tertiary/aromatic N) is 1. The zero-order valence-electron chi connectivity index (χ0n) is 12.5. The first-order chi connectivity index (χ1) is 10.0. The Kier molecular flexibility index (Phi) is 4.47. The van der Waals surface area contributed by atoms with Gasteiger partial charge in [0.15, 0.2) is 0 Å². The molecule has 0 radical (unpaired) electrons. The van der Waals surface area contributed by atoms with E-state index in [2.05, 4.69) is 10.3 Å². The van der Waals surface area contributed by atoms with Gasteiger partial charge in [-0.25, -0.2) is 4.98 Å². The molecule has 6 nitrogen and oxygen atoms in total. The van der Waals surface area contributed by atoms with Crippen molar-refractivity contribution in [1.29, 1.82) is 0 Å². The minimum Gasteiger partial charge on any atom is -0.497 e. The molecule has 0 spiro atoms. The van der Waals surface area contributed by atoms with Crippen molar-refractivity contribution in [2.24, 2.45) is 0 Å². The molecule has 0 saturated carbocycles. The Balaban J connectivity index is 2.12. The number of methoxy groups -OCH3 is 2. The Labute approximate surface area is 123 Å². The average molecular weight is 290 g/mol. The summed E-state index contributed by atoms with van der Waals surface area (Å²) >= 11 is 0. The van der Waals surface area contributed by atoms with Gasteiger partial charge in [0.05, 0.1) is 32.0 Å². The SMILES string of the molecule is COc1ccc(OC)c(C(=O)NCc2nc(C)c(C)o2)c1. The van der Waals surface area contributed by atoms with E-state index in [-0.39, 0.29) is 12.5 Å². The number of benzene rings is 1. The van der Waals surface area contributed by atoms with Gasteiger partial charge in [0, 0.05) is 0 Å². The summed E-state index contributed by atoms with van der Waals surface area (Å²) in [5.74, 6) is 2.01. The molecule has 0 fully saturated rings. The van der Waals surface area contributed by atoms with Crippen LogP contribution in [0.3, 0.4) is 0 Å². The maximum atomic E-state index is 12.2. The van der Waals surface area contributed by atoms with E-state index in [9.17, 15) is 4.79 Å². The molecule has 112 valence electrons. The minimum atomic E-state index is -0.278. The Hall–Kier alpha value is -2.50. The van der Waals surface area contributed by atoms with Gasteiger partial charge >= 0.3 is 0 Å². The summed E-state index contributed by atoms with van der Waals surface area (Å²) in [6, 6.07) is 5.05. The molecule has 6 heteroatoms. The predicted octanol–water partition coefficient (Wildman–Crippen LogP) is 2.24. The molecule has 1 amide bonds. The van der Waals surface area contributed by atoms with Gasteiger partial charge < -0.3 is 19.2 Å². The van der Waals surface area contributed by atoms with E-state index in [0.717, 1.165) is 11.5 Å². The quantitative estimate of drug-likeness (QED) is 0.914. The lowest BCUT2D eigenvalue weighted by Gasteiger charge is -2.10. The fourth-order valence-electron chi connectivity index (χ4n) is 1.86. The van der Waals surface area contributed by atoms with Gasteiger partial charge in [0.25, 0.3) is 5.91 Å². The molecule has 0 aliphatic heterocycles. The van der Waals surface area contributed by atoms with Gasteiger partial charge in [-0.1, -0.05) is 0 Å². The highest BCUT2D eigenvalue weighted by Crippen LogP contribution is 2.23. The van der Waals surface area contributed by atoms with E-state index in [1.807, 2.05) is 13.8 Å². The van der Waals surface area contributed by atoms with Crippen LogP contribution in [0.4, 0.5) is 0 Å². The van der Waals surface area contributed by atoms with Gasteiger partial charge in [-0.05, 0) is 32.0 Å². The van der Waals surface area contributed by atoms with Crippen molar-refractivity contribution < 1.29 is 18.7 Å². The van der Waals surface area contributed by atoms with Crippen molar-refractivity contribution in [3.63, 3.8) is 0 Å². The van der Waals surface area contributed by atoms with Crippen LogP contribution in [0.15, 0.2) is 22.6 Å². The van der Waals surface area contributed by atoms with Crippen LogP contribution in [-0.2, 0) is 6.54 Å². The van der Waals surface area contributed by atoms with Crippen LogP contribution < -0.4 is 14.8 Å². The first-order valence-electron chi connectivity index (χ1n) is 6.48. The largest absolute Gasteiger partial charge is 0.497 e. The Morgan fingerprint density at radius 1 is 1.29 bits per heavy atom. The van der Waals surface area contributed by atoms with E-state index in [0.29, 0.717) is 23.0 Å². The first kappa shape index (κ1) is 14.9. The van der Waals surface area contributed by atoms with Crippen molar-refractivity contribution in [1.82, 2.24) is 10.3 Å². The molecule has 0 unspecified atom stereocenters. The molecule has 1 aromatic heterocycles. The minimum absolute atomic E-state index is 0.216. The molecule has 1 aromatic carbocycles. The number of aromatic nitrogens is 1. The van der Waals surface area contributed by atoms with Crippen LogP contribution in [0.5, 0.6) is 11.5 Å². The molecule has 21 heavy (non-hydrogen) atoms. The molecular weight excluding hydrogens is 272 g/mol. The molecule has 1 N–H and O–H groups in total. The second-order valence-corrected chi connectivity index (χ2v) is 4.50. The topological polar surface area (TPSA) is 73.6 Å². The molecule has 0 aliphatic rings.